The third kappa shape index (κ3) is 8.54. The predicted molar refractivity (Wildman–Crippen MR) is 135 cm³/mol. The minimum absolute atomic E-state index is 0.0126. The number of ether oxygens (including phenoxy) is 2. The van der Waals surface area contributed by atoms with E-state index in [0.29, 0.717) is 25.1 Å². The number of aromatic nitrogens is 2. The number of nitrogens with one attached hydrogen (secondary N) is 1. The van der Waals surface area contributed by atoms with Gasteiger partial charge in [0.25, 0.3) is 0 Å². The van der Waals surface area contributed by atoms with Gasteiger partial charge in [-0.1, -0.05) is 19.1 Å². The van der Waals surface area contributed by atoms with Gasteiger partial charge in [0.2, 0.25) is 18.1 Å². The molecule has 2 atom stereocenters. The number of anilines is 2. The summed E-state index contributed by atoms with van der Waals surface area (Å²) >= 11 is 0. The Bertz CT molecular complexity index is 1060. The Labute approximate surface area is 214 Å². The van der Waals surface area contributed by atoms with Crippen molar-refractivity contribution >= 4 is 29.5 Å². The first kappa shape index (κ1) is 29.2. The molecule has 1 N–H and O–H groups in total. The lowest BCUT2D eigenvalue weighted by molar-refractivity contribution is -0.384. The van der Waals surface area contributed by atoms with Crippen LogP contribution < -0.4 is 15.0 Å². The molecule has 1 heterocycles. The maximum Gasteiger partial charge on any atom is 0.414 e. The van der Waals surface area contributed by atoms with E-state index in [2.05, 4.69) is 15.3 Å². The standard InChI is InChI=1S/C24H33FN6O6/c1-6-9-20(25)37-22(32)18(14-16-10-12-17(13-11-16)36-24(33)29(4)5)27-21-19(31(34)35)15-26-23(28-21)30(7-2)8-3/h10-13,15,18,20H,6-9,14H2,1-5H3,(H,26,27,28). The highest BCUT2D eigenvalue weighted by molar-refractivity contribution is 5.80. The third-order valence-electron chi connectivity index (χ3n) is 5.29. The second kappa shape index (κ2) is 13.9. The maximum absolute atomic E-state index is 14.1. The van der Waals surface area contributed by atoms with Crippen molar-refractivity contribution in [2.45, 2.75) is 52.4 Å². The summed E-state index contributed by atoms with van der Waals surface area (Å²) in [5.74, 6) is -0.587. The molecule has 13 heteroatoms. The number of hydrogen-bond donors (Lipinski definition) is 1. The van der Waals surface area contributed by atoms with Gasteiger partial charge in [0, 0.05) is 40.0 Å². The number of esters is 1. The number of alkyl halides is 1. The van der Waals surface area contributed by atoms with Crippen molar-refractivity contribution in [2.24, 2.45) is 0 Å². The molecular formula is C24H33FN6O6. The molecule has 0 saturated carbocycles. The van der Waals surface area contributed by atoms with Crippen molar-refractivity contribution in [2.75, 3.05) is 37.4 Å². The maximum atomic E-state index is 14.1. The zero-order valence-electron chi connectivity index (χ0n) is 21.6. The lowest BCUT2D eigenvalue weighted by Crippen LogP contribution is -2.36. The average Bonchev–Trinajstić information content (AvgIpc) is 2.85. The minimum atomic E-state index is -1.82. The summed E-state index contributed by atoms with van der Waals surface area (Å²) in [6.45, 7) is 6.64. The van der Waals surface area contributed by atoms with Crippen LogP contribution in [-0.4, -0.2) is 71.4 Å². The van der Waals surface area contributed by atoms with E-state index in [1.807, 2.05) is 13.8 Å². The monoisotopic (exact) mass is 520 g/mol. The van der Waals surface area contributed by atoms with E-state index in [1.54, 1.807) is 50.2 Å². The summed E-state index contributed by atoms with van der Waals surface area (Å²) in [5, 5.41) is 14.4. The molecular weight excluding hydrogens is 487 g/mol. The topological polar surface area (TPSA) is 140 Å². The van der Waals surface area contributed by atoms with E-state index in [0.717, 1.165) is 6.20 Å². The fourth-order valence-corrected chi connectivity index (χ4v) is 3.24. The molecule has 1 aromatic heterocycles. The molecule has 0 spiro atoms. The van der Waals surface area contributed by atoms with Crippen LogP contribution >= 0.6 is 0 Å². The number of benzene rings is 1. The quantitative estimate of drug-likeness (QED) is 0.234. The summed E-state index contributed by atoms with van der Waals surface area (Å²) < 4.78 is 24.3. The van der Waals surface area contributed by atoms with Gasteiger partial charge in [0.1, 0.15) is 18.0 Å². The minimum Gasteiger partial charge on any atom is -0.430 e. The molecule has 2 aromatic rings. The molecule has 0 fully saturated rings. The van der Waals surface area contributed by atoms with Crippen LogP contribution in [0.5, 0.6) is 5.75 Å². The number of amides is 1. The lowest BCUT2D eigenvalue weighted by atomic mass is 10.1. The van der Waals surface area contributed by atoms with E-state index in [4.69, 9.17) is 9.47 Å². The van der Waals surface area contributed by atoms with Crippen LogP contribution in [0, 0.1) is 10.1 Å². The smallest absolute Gasteiger partial charge is 0.414 e. The summed E-state index contributed by atoms with van der Waals surface area (Å²) in [7, 11) is 3.10. The van der Waals surface area contributed by atoms with Gasteiger partial charge in [-0.25, -0.2) is 19.0 Å². The van der Waals surface area contributed by atoms with Crippen LogP contribution in [-0.2, 0) is 16.0 Å². The second-order valence-electron chi connectivity index (χ2n) is 8.28. The first-order valence-electron chi connectivity index (χ1n) is 11.9. The van der Waals surface area contributed by atoms with Gasteiger partial charge >= 0.3 is 17.7 Å². The van der Waals surface area contributed by atoms with Crippen molar-refractivity contribution in [1.29, 1.82) is 0 Å². The number of hydrogen-bond acceptors (Lipinski definition) is 10. The van der Waals surface area contributed by atoms with Crippen LogP contribution in [0.25, 0.3) is 0 Å². The molecule has 37 heavy (non-hydrogen) atoms. The number of nitrogens with zero attached hydrogens (tertiary/aromatic N) is 5. The zero-order chi connectivity index (χ0) is 27.5. The molecule has 12 nitrogen and oxygen atoms in total. The molecule has 2 rings (SSSR count). The Kier molecular flexibility index (Phi) is 11.0. The molecule has 202 valence electrons. The molecule has 0 aliphatic heterocycles. The van der Waals surface area contributed by atoms with E-state index < -0.39 is 35.1 Å². The molecule has 0 bridgehead atoms. The highest BCUT2D eigenvalue weighted by Gasteiger charge is 2.28. The summed E-state index contributed by atoms with van der Waals surface area (Å²) in [6.07, 6.45) is -0.841. The number of carbonyl (C=O) groups excluding carboxylic acids is 2. The predicted octanol–water partition coefficient (Wildman–Crippen LogP) is 3.95. The first-order chi connectivity index (χ1) is 17.6. The normalized spacial score (nSPS) is 12.3. The highest BCUT2D eigenvalue weighted by Crippen LogP contribution is 2.26. The fourth-order valence-electron chi connectivity index (χ4n) is 3.24. The molecule has 2 unspecified atom stereocenters. The van der Waals surface area contributed by atoms with E-state index >= 15 is 0 Å². The van der Waals surface area contributed by atoms with Crippen molar-refractivity contribution in [1.82, 2.24) is 14.9 Å². The Balaban J connectivity index is 2.37. The Morgan fingerprint density at radius 1 is 1.16 bits per heavy atom. The van der Waals surface area contributed by atoms with E-state index in [1.165, 1.54) is 4.90 Å². The Morgan fingerprint density at radius 3 is 2.35 bits per heavy atom. The van der Waals surface area contributed by atoms with E-state index in [9.17, 15) is 24.1 Å². The average molecular weight is 521 g/mol. The number of nitro groups is 1. The molecule has 0 saturated heterocycles. The number of carbonyl (C=O) groups is 2. The van der Waals surface area contributed by atoms with Gasteiger partial charge in [0.05, 0.1) is 4.92 Å². The summed E-state index contributed by atoms with van der Waals surface area (Å²) in [4.78, 5) is 47.0. The number of halogens is 1. The largest absolute Gasteiger partial charge is 0.430 e. The molecule has 0 radical (unpaired) electrons. The van der Waals surface area contributed by atoms with Crippen LogP contribution in [0.2, 0.25) is 0 Å². The summed E-state index contributed by atoms with van der Waals surface area (Å²) in [6, 6.07) is 5.12. The fraction of sp³-hybridized carbons (Fsp3) is 0.500. The van der Waals surface area contributed by atoms with Crippen LogP contribution in [0.1, 0.15) is 39.2 Å². The van der Waals surface area contributed by atoms with E-state index in [-0.39, 0.29) is 30.4 Å². The van der Waals surface area contributed by atoms with Crippen molar-refractivity contribution in [3.63, 3.8) is 0 Å². The van der Waals surface area contributed by atoms with Gasteiger partial charge in [-0.15, -0.1) is 0 Å². The van der Waals surface area contributed by atoms with Gasteiger partial charge in [-0.2, -0.15) is 4.98 Å². The van der Waals surface area contributed by atoms with Gasteiger partial charge in [-0.3, -0.25) is 10.1 Å². The highest BCUT2D eigenvalue weighted by atomic mass is 19.1. The van der Waals surface area contributed by atoms with Gasteiger partial charge < -0.3 is 24.6 Å². The molecule has 0 aliphatic rings. The Morgan fingerprint density at radius 2 is 1.81 bits per heavy atom. The zero-order valence-corrected chi connectivity index (χ0v) is 21.6. The second-order valence-corrected chi connectivity index (χ2v) is 8.28. The first-order valence-corrected chi connectivity index (χ1v) is 11.9. The SMILES string of the molecule is CCCC(F)OC(=O)C(Cc1ccc(OC(=O)N(C)C)cc1)Nc1nc(N(CC)CC)ncc1[N+](=O)[O-]. The van der Waals surface area contributed by atoms with Crippen molar-refractivity contribution < 1.29 is 28.4 Å². The van der Waals surface area contributed by atoms with Gasteiger partial charge in [0.15, 0.2) is 0 Å². The van der Waals surface area contributed by atoms with Gasteiger partial charge in [-0.05, 0) is 38.0 Å². The number of rotatable bonds is 13. The molecule has 0 aliphatic carbocycles. The molecule has 1 amide bonds. The Hall–Kier alpha value is -4.03. The third-order valence-corrected chi connectivity index (χ3v) is 5.29. The summed E-state index contributed by atoms with van der Waals surface area (Å²) in [5.41, 5.74) is 0.163. The molecule has 1 aromatic carbocycles. The van der Waals surface area contributed by atoms with Crippen molar-refractivity contribution in [3.05, 3.63) is 46.1 Å². The van der Waals surface area contributed by atoms with Crippen LogP contribution in [0.4, 0.5) is 26.6 Å². The van der Waals surface area contributed by atoms with Crippen LogP contribution in [0.3, 0.4) is 0 Å². The van der Waals surface area contributed by atoms with Crippen LogP contribution in [0.15, 0.2) is 30.5 Å². The lowest BCUT2D eigenvalue weighted by Gasteiger charge is -2.22. The van der Waals surface area contributed by atoms with Crippen molar-refractivity contribution in [3.8, 4) is 5.75 Å².